The molecule has 4 rings (SSSR count). The van der Waals surface area contributed by atoms with Crippen molar-refractivity contribution < 1.29 is 27.9 Å². The van der Waals surface area contributed by atoms with E-state index in [0.717, 1.165) is 16.9 Å². The number of nitrogens with one attached hydrogen (secondary N) is 1. The van der Waals surface area contributed by atoms with E-state index in [1.165, 1.54) is 17.5 Å². The molecule has 8 nitrogen and oxygen atoms in total. The average molecular weight is 455 g/mol. The second-order valence-electron chi connectivity index (χ2n) is 7.28. The normalized spacial score (nSPS) is 13.5. The van der Waals surface area contributed by atoms with E-state index >= 15 is 0 Å². The lowest BCUT2D eigenvalue weighted by Crippen LogP contribution is -2.25. The van der Waals surface area contributed by atoms with Crippen LogP contribution in [0.1, 0.15) is 21.5 Å². The maximum atomic E-state index is 13.3. The second kappa shape index (κ2) is 8.62. The zero-order valence-corrected chi connectivity index (χ0v) is 18.3. The number of methoxy groups -OCH3 is 2. The molecule has 1 aliphatic rings. The summed E-state index contributed by atoms with van der Waals surface area (Å²) in [6.07, 6.45) is 0. The Labute approximate surface area is 186 Å². The Morgan fingerprint density at radius 1 is 0.938 bits per heavy atom. The number of sulfonamides is 1. The minimum absolute atomic E-state index is 0.0980. The van der Waals surface area contributed by atoms with Gasteiger partial charge in [0.05, 0.1) is 19.1 Å². The molecule has 0 fully saturated rings. The van der Waals surface area contributed by atoms with Crippen molar-refractivity contribution in [3.63, 3.8) is 0 Å². The number of ether oxygens (including phenoxy) is 2. The van der Waals surface area contributed by atoms with Gasteiger partial charge >= 0.3 is 0 Å². The van der Waals surface area contributed by atoms with E-state index in [2.05, 4.69) is 0 Å². The first-order valence-corrected chi connectivity index (χ1v) is 11.2. The molecule has 1 amide bonds. The molecule has 0 aromatic heterocycles. The Morgan fingerprint density at radius 2 is 1.56 bits per heavy atom. The van der Waals surface area contributed by atoms with Crippen LogP contribution >= 0.6 is 0 Å². The van der Waals surface area contributed by atoms with E-state index in [1.54, 1.807) is 42.9 Å². The van der Waals surface area contributed by atoms with Crippen LogP contribution in [0.3, 0.4) is 0 Å². The molecule has 0 bridgehead atoms. The molecule has 0 saturated heterocycles. The minimum Gasteiger partial charge on any atom is -0.497 e. The Morgan fingerprint density at radius 3 is 2.12 bits per heavy atom. The van der Waals surface area contributed by atoms with E-state index in [0.29, 0.717) is 16.9 Å². The first kappa shape index (κ1) is 21.8. The number of rotatable bonds is 6. The monoisotopic (exact) mass is 454 g/mol. The van der Waals surface area contributed by atoms with Gasteiger partial charge in [-0.2, -0.15) is 4.31 Å². The zero-order valence-electron chi connectivity index (χ0n) is 17.5. The molecule has 0 radical (unpaired) electrons. The Kier molecular flexibility index (Phi) is 5.88. The van der Waals surface area contributed by atoms with Crippen molar-refractivity contribution in [2.75, 3.05) is 14.2 Å². The number of amides is 1. The van der Waals surface area contributed by atoms with Gasteiger partial charge in [0.1, 0.15) is 11.5 Å². The first-order valence-electron chi connectivity index (χ1n) is 9.76. The fourth-order valence-corrected chi connectivity index (χ4v) is 5.13. The Balaban J connectivity index is 1.60. The summed E-state index contributed by atoms with van der Waals surface area (Å²) in [6, 6.07) is 17.2. The van der Waals surface area contributed by atoms with Gasteiger partial charge in [0, 0.05) is 24.2 Å². The molecule has 0 atom stereocenters. The largest absolute Gasteiger partial charge is 0.497 e. The first-order chi connectivity index (χ1) is 15.4. The topological polar surface area (TPSA) is 105 Å². The Hall–Kier alpha value is -3.40. The summed E-state index contributed by atoms with van der Waals surface area (Å²) in [5.74, 6) is 0.451. The SMILES string of the molecule is COc1ccc(-c2ccc(S(=O)(=O)N3Cc4cc(C(=O)NO)cc(OC)c4C3)cc2)cc1. The summed E-state index contributed by atoms with van der Waals surface area (Å²) < 4.78 is 38.4. The Bertz CT molecular complexity index is 1250. The third-order valence-electron chi connectivity index (χ3n) is 5.48. The van der Waals surface area contributed by atoms with Crippen molar-refractivity contribution in [3.05, 3.63) is 77.4 Å². The zero-order chi connectivity index (χ0) is 22.9. The fraction of sp³-hybridized carbons (Fsp3) is 0.174. The number of nitrogens with zero attached hydrogens (tertiary/aromatic N) is 1. The summed E-state index contributed by atoms with van der Waals surface area (Å²) in [5, 5.41) is 8.91. The van der Waals surface area contributed by atoms with Crippen molar-refractivity contribution in [2.45, 2.75) is 18.0 Å². The van der Waals surface area contributed by atoms with Gasteiger partial charge in [0.15, 0.2) is 0 Å². The van der Waals surface area contributed by atoms with Crippen molar-refractivity contribution in [1.82, 2.24) is 9.79 Å². The molecule has 0 spiro atoms. The van der Waals surface area contributed by atoms with Crippen molar-refractivity contribution >= 4 is 15.9 Å². The molecule has 3 aromatic carbocycles. The van der Waals surface area contributed by atoms with Crippen LogP contribution in [-0.2, 0) is 23.1 Å². The van der Waals surface area contributed by atoms with Crippen molar-refractivity contribution in [3.8, 4) is 22.6 Å². The minimum atomic E-state index is -3.77. The number of hydrogen-bond acceptors (Lipinski definition) is 6. The number of carbonyl (C=O) groups excluding carboxylic acids is 1. The van der Waals surface area contributed by atoms with E-state index in [1.807, 2.05) is 24.3 Å². The molecule has 1 aliphatic heterocycles. The third kappa shape index (κ3) is 3.93. The van der Waals surface area contributed by atoms with E-state index in [9.17, 15) is 13.2 Å². The quantitative estimate of drug-likeness (QED) is 0.438. The fourth-order valence-electron chi connectivity index (χ4n) is 3.75. The van der Waals surface area contributed by atoms with Crippen molar-refractivity contribution in [1.29, 1.82) is 0 Å². The molecule has 0 unspecified atom stereocenters. The summed E-state index contributed by atoms with van der Waals surface area (Å²) in [4.78, 5) is 12.0. The molecule has 3 aromatic rings. The molecule has 166 valence electrons. The molecule has 32 heavy (non-hydrogen) atoms. The van der Waals surface area contributed by atoms with Crippen LogP contribution in [0.2, 0.25) is 0 Å². The average Bonchev–Trinajstić information content (AvgIpc) is 3.28. The maximum absolute atomic E-state index is 13.3. The van der Waals surface area contributed by atoms with E-state index in [4.69, 9.17) is 14.7 Å². The summed E-state index contributed by atoms with van der Waals surface area (Å²) in [6.45, 7) is 0.225. The predicted octanol–water partition coefficient (Wildman–Crippen LogP) is 3.19. The predicted molar refractivity (Wildman–Crippen MR) is 117 cm³/mol. The van der Waals surface area contributed by atoms with Crippen molar-refractivity contribution in [2.24, 2.45) is 0 Å². The van der Waals surface area contributed by atoms with Crippen LogP contribution in [0.15, 0.2) is 65.6 Å². The van der Waals surface area contributed by atoms with Gasteiger partial charge in [-0.1, -0.05) is 24.3 Å². The molecular weight excluding hydrogens is 432 g/mol. The van der Waals surface area contributed by atoms with Gasteiger partial charge in [0.2, 0.25) is 10.0 Å². The number of hydroxylamine groups is 1. The van der Waals surface area contributed by atoms with Gasteiger partial charge in [-0.3, -0.25) is 10.0 Å². The highest BCUT2D eigenvalue weighted by atomic mass is 32.2. The highest BCUT2D eigenvalue weighted by Crippen LogP contribution is 2.36. The highest BCUT2D eigenvalue weighted by Gasteiger charge is 2.33. The van der Waals surface area contributed by atoms with E-state index < -0.39 is 15.9 Å². The van der Waals surface area contributed by atoms with Crippen LogP contribution in [0.5, 0.6) is 11.5 Å². The molecular formula is C23H22N2O6S. The number of carbonyl (C=O) groups is 1. The van der Waals surface area contributed by atoms with Crippen LogP contribution in [-0.4, -0.2) is 38.1 Å². The van der Waals surface area contributed by atoms with Crippen LogP contribution in [0.25, 0.3) is 11.1 Å². The van der Waals surface area contributed by atoms with Crippen LogP contribution in [0.4, 0.5) is 0 Å². The molecule has 9 heteroatoms. The second-order valence-corrected chi connectivity index (χ2v) is 9.22. The summed E-state index contributed by atoms with van der Waals surface area (Å²) in [5.41, 5.74) is 4.95. The third-order valence-corrected chi connectivity index (χ3v) is 7.29. The molecule has 2 N–H and O–H groups in total. The van der Waals surface area contributed by atoms with Crippen LogP contribution < -0.4 is 15.0 Å². The number of hydrogen-bond donors (Lipinski definition) is 2. The maximum Gasteiger partial charge on any atom is 0.274 e. The van der Waals surface area contributed by atoms with Gasteiger partial charge in [-0.05, 0) is 53.1 Å². The molecule has 0 saturated carbocycles. The standard InChI is InChI=1S/C23H22N2O6S/c1-30-19-7-3-15(4-8-19)16-5-9-20(10-6-16)32(28,29)25-13-18-11-17(23(26)24-27)12-22(31-2)21(18)14-25/h3-12,27H,13-14H2,1-2H3,(H,24,26). The van der Waals surface area contributed by atoms with E-state index in [-0.39, 0.29) is 23.5 Å². The van der Waals surface area contributed by atoms with Gasteiger partial charge in [-0.15, -0.1) is 0 Å². The van der Waals surface area contributed by atoms with Gasteiger partial charge in [0.25, 0.3) is 5.91 Å². The smallest absolute Gasteiger partial charge is 0.274 e. The highest BCUT2D eigenvalue weighted by molar-refractivity contribution is 7.89. The summed E-state index contributed by atoms with van der Waals surface area (Å²) in [7, 11) is -0.722. The lowest BCUT2D eigenvalue weighted by molar-refractivity contribution is 0.0706. The van der Waals surface area contributed by atoms with Gasteiger partial charge < -0.3 is 9.47 Å². The van der Waals surface area contributed by atoms with Gasteiger partial charge in [-0.25, -0.2) is 13.9 Å². The lowest BCUT2D eigenvalue weighted by atomic mass is 10.0. The molecule has 0 aliphatic carbocycles. The number of benzene rings is 3. The molecule has 1 heterocycles. The number of fused-ring (bicyclic) bond motifs is 1. The lowest BCUT2D eigenvalue weighted by Gasteiger charge is -2.16. The summed E-state index contributed by atoms with van der Waals surface area (Å²) >= 11 is 0. The van der Waals surface area contributed by atoms with Crippen LogP contribution in [0, 0.1) is 0 Å².